The molecule has 0 unspecified atom stereocenters. The molecule has 21 heavy (non-hydrogen) atoms. The van der Waals surface area contributed by atoms with Crippen LogP contribution in [-0.4, -0.2) is 51.2 Å². The first kappa shape index (κ1) is 13.3. The molecule has 0 aromatic carbocycles. The summed E-state index contributed by atoms with van der Waals surface area (Å²) in [6.07, 6.45) is 3.80. The van der Waals surface area contributed by atoms with Crippen molar-refractivity contribution in [1.82, 2.24) is 30.1 Å². The lowest BCUT2D eigenvalue weighted by Gasteiger charge is -2.22. The first-order valence-corrected chi connectivity index (χ1v) is 6.41. The van der Waals surface area contributed by atoms with E-state index in [0.717, 1.165) is 5.56 Å². The maximum Gasteiger partial charge on any atom is 0.245 e. The van der Waals surface area contributed by atoms with Crippen molar-refractivity contribution in [2.75, 3.05) is 30.9 Å². The SMILES string of the molecule is CN(C)c1nc2nonc2nc1N(C)Cc1cnn(C)c1. The Morgan fingerprint density at radius 3 is 2.33 bits per heavy atom. The second-order valence-electron chi connectivity index (χ2n) is 5.06. The Kier molecular flexibility index (Phi) is 3.16. The van der Waals surface area contributed by atoms with Crippen molar-refractivity contribution in [3.8, 4) is 0 Å². The smallest absolute Gasteiger partial charge is 0.245 e. The number of anilines is 2. The average Bonchev–Trinajstić information content (AvgIpc) is 3.05. The van der Waals surface area contributed by atoms with Gasteiger partial charge < -0.3 is 9.80 Å². The van der Waals surface area contributed by atoms with E-state index in [1.165, 1.54) is 0 Å². The molecule has 0 amide bonds. The third kappa shape index (κ3) is 2.49. The van der Waals surface area contributed by atoms with Gasteiger partial charge in [0.25, 0.3) is 0 Å². The number of rotatable bonds is 4. The van der Waals surface area contributed by atoms with Crippen molar-refractivity contribution in [2.45, 2.75) is 6.54 Å². The van der Waals surface area contributed by atoms with Crippen LogP contribution in [0.1, 0.15) is 5.56 Å². The minimum absolute atomic E-state index is 0.397. The summed E-state index contributed by atoms with van der Waals surface area (Å²) in [4.78, 5) is 12.8. The van der Waals surface area contributed by atoms with Gasteiger partial charge in [-0.05, 0) is 10.3 Å². The predicted molar refractivity (Wildman–Crippen MR) is 77.0 cm³/mol. The van der Waals surface area contributed by atoms with Crippen molar-refractivity contribution in [2.24, 2.45) is 7.05 Å². The van der Waals surface area contributed by atoms with Crippen LogP contribution in [0.5, 0.6) is 0 Å². The van der Waals surface area contributed by atoms with E-state index in [0.29, 0.717) is 29.5 Å². The van der Waals surface area contributed by atoms with Gasteiger partial charge in [-0.1, -0.05) is 0 Å². The third-order valence-electron chi connectivity index (χ3n) is 3.04. The van der Waals surface area contributed by atoms with Gasteiger partial charge in [0.15, 0.2) is 11.6 Å². The minimum Gasteiger partial charge on any atom is -0.360 e. The summed E-state index contributed by atoms with van der Waals surface area (Å²) < 4.78 is 6.45. The zero-order valence-electron chi connectivity index (χ0n) is 12.3. The van der Waals surface area contributed by atoms with Crippen LogP contribution in [0, 0.1) is 0 Å². The van der Waals surface area contributed by atoms with Gasteiger partial charge in [0.2, 0.25) is 11.3 Å². The Labute approximate surface area is 121 Å². The number of nitrogens with zero attached hydrogens (tertiary/aromatic N) is 8. The lowest BCUT2D eigenvalue weighted by Crippen LogP contribution is -2.23. The van der Waals surface area contributed by atoms with Crippen LogP contribution in [-0.2, 0) is 13.6 Å². The van der Waals surface area contributed by atoms with Crippen molar-refractivity contribution < 1.29 is 4.63 Å². The number of aromatic nitrogens is 6. The van der Waals surface area contributed by atoms with E-state index in [9.17, 15) is 0 Å². The molecule has 3 rings (SSSR count). The summed E-state index contributed by atoms with van der Waals surface area (Å²) in [5, 5.41) is 11.7. The van der Waals surface area contributed by atoms with Crippen molar-refractivity contribution in [3.63, 3.8) is 0 Å². The summed E-state index contributed by atoms with van der Waals surface area (Å²) in [6.45, 7) is 0.667. The minimum atomic E-state index is 0.397. The van der Waals surface area contributed by atoms with Crippen LogP contribution < -0.4 is 9.80 Å². The Morgan fingerprint density at radius 2 is 1.76 bits per heavy atom. The van der Waals surface area contributed by atoms with Crippen molar-refractivity contribution >= 4 is 22.9 Å². The molecule has 0 aliphatic heterocycles. The van der Waals surface area contributed by atoms with Crippen molar-refractivity contribution in [1.29, 1.82) is 0 Å². The fourth-order valence-corrected chi connectivity index (χ4v) is 2.08. The quantitative estimate of drug-likeness (QED) is 0.683. The van der Waals surface area contributed by atoms with Crippen LogP contribution in [0.2, 0.25) is 0 Å². The second kappa shape index (κ2) is 5.00. The van der Waals surface area contributed by atoms with E-state index >= 15 is 0 Å². The molecule has 9 nitrogen and oxygen atoms in total. The zero-order valence-corrected chi connectivity index (χ0v) is 12.3. The molecule has 0 aliphatic carbocycles. The van der Waals surface area contributed by atoms with Crippen molar-refractivity contribution in [3.05, 3.63) is 18.0 Å². The molecular formula is C12H16N8O. The number of hydrogen-bond donors (Lipinski definition) is 0. The molecule has 0 saturated heterocycles. The zero-order chi connectivity index (χ0) is 15.0. The molecule has 0 radical (unpaired) electrons. The Bertz CT molecular complexity index is 762. The van der Waals surface area contributed by atoms with E-state index in [4.69, 9.17) is 0 Å². The summed E-state index contributed by atoms with van der Waals surface area (Å²) in [5.74, 6) is 1.43. The summed E-state index contributed by atoms with van der Waals surface area (Å²) in [5.41, 5.74) is 1.88. The normalized spacial score (nSPS) is 11.0. The first-order chi connectivity index (χ1) is 10.0. The molecule has 0 aliphatic rings. The number of aryl methyl sites for hydroxylation is 1. The van der Waals surface area contributed by atoms with Gasteiger partial charge in [-0.25, -0.2) is 14.6 Å². The Morgan fingerprint density at radius 1 is 1.10 bits per heavy atom. The second-order valence-corrected chi connectivity index (χ2v) is 5.06. The molecule has 0 saturated carbocycles. The lowest BCUT2D eigenvalue weighted by atomic mass is 10.3. The summed E-state index contributed by atoms with van der Waals surface area (Å²) in [7, 11) is 7.65. The van der Waals surface area contributed by atoms with Gasteiger partial charge in [0.1, 0.15) is 0 Å². The molecule has 0 fully saturated rings. The fraction of sp³-hybridized carbons (Fsp3) is 0.417. The van der Waals surface area contributed by atoms with Gasteiger partial charge in [-0.2, -0.15) is 5.10 Å². The summed E-state index contributed by atoms with van der Waals surface area (Å²) >= 11 is 0. The molecule has 0 atom stereocenters. The third-order valence-corrected chi connectivity index (χ3v) is 3.04. The lowest BCUT2D eigenvalue weighted by molar-refractivity contribution is 0.314. The largest absolute Gasteiger partial charge is 0.360 e. The molecular weight excluding hydrogens is 272 g/mol. The van der Waals surface area contributed by atoms with E-state index in [2.05, 4.69) is 30.0 Å². The topological polar surface area (TPSA) is 89.0 Å². The van der Waals surface area contributed by atoms with E-state index in [-0.39, 0.29) is 0 Å². The highest BCUT2D eigenvalue weighted by Crippen LogP contribution is 2.25. The molecule has 9 heteroatoms. The number of hydrogen-bond acceptors (Lipinski definition) is 8. The van der Waals surface area contributed by atoms with Gasteiger partial charge in [0, 0.05) is 46.5 Å². The van der Waals surface area contributed by atoms with Gasteiger partial charge >= 0.3 is 0 Å². The predicted octanol–water partition coefficient (Wildman–Crippen LogP) is 0.449. The fourth-order valence-electron chi connectivity index (χ4n) is 2.08. The summed E-state index contributed by atoms with van der Waals surface area (Å²) in [6, 6.07) is 0. The van der Waals surface area contributed by atoms with Gasteiger partial charge in [-0.3, -0.25) is 4.68 Å². The molecule has 110 valence electrons. The molecule has 0 N–H and O–H groups in total. The monoisotopic (exact) mass is 288 g/mol. The Hall–Kier alpha value is -2.71. The molecule has 3 heterocycles. The van der Waals surface area contributed by atoms with Crippen LogP contribution in [0.15, 0.2) is 17.0 Å². The van der Waals surface area contributed by atoms with E-state index in [1.807, 2.05) is 50.4 Å². The van der Waals surface area contributed by atoms with Gasteiger partial charge in [0.05, 0.1) is 6.20 Å². The molecule has 3 aromatic heterocycles. The molecule has 0 spiro atoms. The highest BCUT2D eigenvalue weighted by molar-refractivity contribution is 5.74. The number of fused-ring (bicyclic) bond motifs is 1. The maximum atomic E-state index is 4.68. The van der Waals surface area contributed by atoms with Gasteiger partial charge in [-0.15, -0.1) is 0 Å². The van der Waals surface area contributed by atoms with Crippen LogP contribution >= 0.6 is 0 Å². The highest BCUT2D eigenvalue weighted by atomic mass is 16.6. The van der Waals surface area contributed by atoms with Crippen LogP contribution in [0.3, 0.4) is 0 Å². The van der Waals surface area contributed by atoms with E-state index in [1.54, 1.807) is 4.68 Å². The van der Waals surface area contributed by atoms with Crippen LogP contribution in [0.4, 0.5) is 11.6 Å². The molecule has 3 aromatic rings. The highest BCUT2D eigenvalue weighted by Gasteiger charge is 2.17. The maximum absolute atomic E-state index is 4.68. The molecule has 0 bridgehead atoms. The first-order valence-electron chi connectivity index (χ1n) is 6.41. The standard InChI is InChI=1S/C12H16N8O/c1-18(2)11-12(15-10-9(14-11)16-21-17-10)19(3)6-8-5-13-20(4)7-8/h5,7H,6H2,1-4H3. The van der Waals surface area contributed by atoms with Crippen LogP contribution in [0.25, 0.3) is 11.3 Å². The Balaban J connectivity index is 1.98. The van der Waals surface area contributed by atoms with E-state index < -0.39 is 0 Å². The average molecular weight is 288 g/mol.